The molecule has 0 aliphatic heterocycles. The minimum absolute atomic E-state index is 0.0871. The van der Waals surface area contributed by atoms with Crippen molar-refractivity contribution >= 4 is 11.3 Å². The van der Waals surface area contributed by atoms with Crippen molar-refractivity contribution in [3.63, 3.8) is 0 Å². The van der Waals surface area contributed by atoms with Gasteiger partial charge in [-0.1, -0.05) is 32.1 Å². The normalized spacial score (nSPS) is 11.9. The highest BCUT2D eigenvalue weighted by Gasteiger charge is 2.02. The van der Waals surface area contributed by atoms with Gasteiger partial charge in [0.05, 0.1) is 6.61 Å². The van der Waals surface area contributed by atoms with Crippen LogP contribution in [0.15, 0.2) is 11.4 Å². The first-order valence-corrected chi connectivity index (χ1v) is 6.89. The monoisotopic (exact) mass is 252 g/mol. The number of aliphatic hydroxyl groups excluding tert-OH is 1. The van der Waals surface area contributed by atoms with Crippen molar-refractivity contribution in [2.75, 3.05) is 13.2 Å². The predicted molar refractivity (Wildman–Crippen MR) is 72.0 cm³/mol. The van der Waals surface area contributed by atoms with Gasteiger partial charge < -0.3 is 9.84 Å². The lowest BCUT2D eigenvalue weighted by Crippen LogP contribution is -2.04. The van der Waals surface area contributed by atoms with E-state index in [1.165, 1.54) is 17.7 Å². The molecule has 0 radical (unpaired) electrons. The molecule has 1 atom stereocenters. The molecular weight excluding hydrogens is 232 g/mol. The Kier molecular flexibility index (Phi) is 6.95. The average molecular weight is 252 g/mol. The van der Waals surface area contributed by atoms with Gasteiger partial charge in [-0.25, -0.2) is 0 Å². The topological polar surface area (TPSA) is 29.5 Å². The Labute approximate surface area is 108 Å². The summed E-state index contributed by atoms with van der Waals surface area (Å²) in [7, 11) is 0. The highest BCUT2D eigenvalue weighted by atomic mass is 32.1. The number of hydrogen-bond donors (Lipinski definition) is 1. The summed E-state index contributed by atoms with van der Waals surface area (Å²) in [6, 6.07) is 2.03. The Morgan fingerprint density at radius 1 is 1.53 bits per heavy atom. The maximum absolute atomic E-state index is 8.59. The summed E-state index contributed by atoms with van der Waals surface area (Å²) < 4.78 is 5.66. The van der Waals surface area contributed by atoms with Gasteiger partial charge in [-0.2, -0.15) is 0 Å². The minimum Gasteiger partial charge on any atom is -0.384 e. The molecule has 2 nitrogen and oxygen atoms in total. The molecule has 0 saturated heterocycles. The Morgan fingerprint density at radius 2 is 2.35 bits per heavy atom. The van der Waals surface area contributed by atoms with Crippen LogP contribution in [0.2, 0.25) is 0 Å². The van der Waals surface area contributed by atoms with E-state index >= 15 is 0 Å². The van der Waals surface area contributed by atoms with Crippen molar-refractivity contribution in [3.8, 4) is 11.8 Å². The van der Waals surface area contributed by atoms with Gasteiger partial charge in [0.1, 0.15) is 6.61 Å². The number of ether oxygens (including phenoxy) is 1. The van der Waals surface area contributed by atoms with E-state index in [1.807, 2.05) is 11.4 Å². The molecule has 1 aromatic heterocycles. The third kappa shape index (κ3) is 5.88. The fraction of sp³-hybridized carbons (Fsp3) is 0.571. The number of aliphatic hydroxyl groups is 1. The van der Waals surface area contributed by atoms with E-state index in [-0.39, 0.29) is 6.61 Å². The van der Waals surface area contributed by atoms with Gasteiger partial charge in [0.25, 0.3) is 0 Å². The van der Waals surface area contributed by atoms with E-state index in [1.54, 1.807) is 11.3 Å². The van der Waals surface area contributed by atoms with Crippen LogP contribution in [0.3, 0.4) is 0 Å². The number of hydrogen-bond acceptors (Lipinski definition) is 3. The maximum Gasteiger partial charge on any atom is 0.104 e. The van der Waals surface area contributed by atoms with Crippen molar-refractivity contribution in [2.24, 2.45) is 5.92 Å². The van der Waals surface area contributed by atoms with Gasteiger partial charge in [0, 0.05) is 22.4 Å². The summed E-state index contributed by atoms with van der Waals surface area (Å²) in [5, 5.41) is 10.6. The fourth-order valence-corrected chi connectivity index (χ4v) is 2.35. The molecule has 1 heterocycles. The summed E-state index contributed by atoms with van der Waals surface area (Å²) in [6.45, 7) is 5.82. The van der Waals surface area contributed by atoms with E-state index in [0.717, 1.165) is 12.2 Å². The van der Waals surface area contributed by atoms with Crippen molar-refractivity contribution in [2.45, 2.75) is 33.3 Å². The SMILES string of the molecule is CCCC(C)COCc1cc(C#CCO)cs1. The fourth-order valence-electron chi connectivity index (χ4n) is 1.60. The average Bonchev–Trinajstić information content (AvgIpc) is 2.75. The lowest BCUT2D eigenvalue weighted by molar-refractivity contribution is 0.0911. The largest absolute Gasteiger partial charge is 0.384 e. The predicted octanol–water partition coefficient (Wildman–Crippen LogP) is 3.04. The van der Waals surface area contributed by atoms with Crippen LogP contribution in [0.1, 0.15) is 37.1 Å². The maximum atomic E-state index is 8.59. The molecule has 0 saturated carbocycles. The molecule has 0 spiro atoms. The molecule has 0 fully saturated rings. The standard InChI is InChI=1S/C14H20O2S/c1-3-5-12(2)9-16-10-14-8-13(11-17-14)6-4-7-15/h8,11-12,15H,3,5,7,9-10H2,1-2H3. The lowest BCUT2D eigenvalue weighted by atomic mass is 10.1. The smallest absolute Gasteiger partial charge is 0.104 e. The Bertz CT molecular complexity index is 373. The molecule has 17 heavy (non-hydrogen) atoms. The van der Waals surface area contributed by atoms with Gasteiger partial charge >= 0.3 is 0 Å². The molecule has 1 aromatic rings. The highest BCUT2D eigenvalue weighted by Crippen LogP contribution is 2.15. The third-order valence-electron chi connectivity index (χ3n) is 2.39. The summed E-state index contributed by atoms with van der Waals surface area (Å²) in [6.07, 6.45) is 2.43. The zero-order valence-electron chi connectivity index (χ0n) is 10.5. The van der Waals surface area contributed by atoms with Crippen LogP contribution in [0.5, 0.6) is 0 Å². The first-order valence-electron chi connectivity index (χ1n) is 6.01. The molecule has 0 aliphatic rings. The molecule has 1 rings (SSSR count). The Hall–Kier alpha value is -0.820. The van der Waals surface area contributed by atoms with Gasteiger partial charge in [0.15, 0.2) is 0 Å². The van der Waals surface area contributed by atoms with Crippen LogP contribution in [0, 0.1) is 17.8 Å². The highest BCUT2D eigenvalue weighted by molar-refractivity contribution is 7.10. The number of rotatable bonds is 6. The second-order valence-electron chi connectivity index (χ2n) is 4.17. The van der Waals surface area contributed by atoms with E-state index < -0.39 is 0 Å². The molecular formula is C14H20O2S. The van der Waals surface area contributed by atoms with Crippen LogP contribution in [-0.2, 0) is 11.3 Å². The molecule has 94 valence electrons. The summed E-state index contributed by atoms with van der Waals surface area (Å²) in [4.78, 5) is 1.19. The van der Waals surface area contributed by atoms with Crippen molar-refractivity contribution < 1.29 is 9.84 Å². The van der Waals surface area contributed by atoms with E-state index in [9.17, 15) is 0 Å². The van der Waals surface area contributed by atoms with Crippen molar-refractivity contribution in [1.29, 1.82) is 0 Å². The second-order valence-corrected chi connectivity index (χ2v) is 5.17. The van der Waals surface area contributed by atoms with Crippen molar-refractivity contribution in [1.82, 2.24) is 0 Å². The summed E-state index contributed by atoms with van der Waals surface area (Å²) in [5.74, 6) is 6.16. The molecule has 0 amide bonds. The lowest BCUT2D eigenvalue weighted by Gasteiger charge is -2.09. The van der Waals surface area contributed by atoms with Crippen LogP contribution < -0.4 is 0 Å². The molecule has 1 unspecified atom stereocenters. The summed E-state index contributed by atoms with van der Waals surface area (Å²) in [5.41, 5.74) is 0.962. The van der Waals surface area contributed by atoms with E-state index in [2.05, 4.69) is 25.7 Å². The molecule has 3 heteroatoms. The molecule has 1 N–H and O–H groups in total. The molecule has 0 bridgehead atoms. The molecule has 0 aromatic carbocycles. The van der Waals surface area contributed by atoms with Crippen LogP contribution in [0.25, 0.3) is 0 Å². The van der Waals surface area contributed by atoms with Gasteiger partial charge in [0.2, 0.25) is 0 Å². The zero-order chi connectivity index (χ0) is 12.5. The van der Waals surface area contributed by atoms with E-state index in [4.69, 9.17) is 9.84 Å². The molecule has 0 aliphatic carbocycles. The van der Waals surface area contributed by atoms with Crippen LogP contribution in [0.4, 0.5) is 0 Å². The zero-order valence-corrected chi connectivity index (χ0v) is 11.3. The quantitative estimate of drug-likeness (QED) is 0.789. The van der Waals surface area contributed by atoms with Gasteiger partial charge in [-0.15, -0.1) is 11.3 Å². The number of thiophene rings is 1. The van der Waals surface area contributed by atoms with Crippen LogP contribution >= 0.6 is 11.3 Å². The van der Waals surface area contributed by atoms with Crippen LogP contribution in [-0.4, -0.2) is 18.3 Å². The third-order valence-corrected chi connectivity index (χ3v) is 3.30. The summed E-state index contributed by atoms with van der Waals surface area (Å²) >= 11 is 1.66. The minimum atomic E-state index is -0.0871. The first-order chi connectivity index (χ1) is 8.26. The van der Waals surface area contributed by atoms with Gasteiger partial charge in [-0.3, -0.25) is 0 Å². The Balaban J connectivity index is 2.30. The first kappa shape index (κ1) is 14.2. The van der Waals surface area contributed by atoms with Gasteiger partial charge in [-0.05, 0) is 18.4 Å². The Morgan fingerprint density at radius 3 is 3.06 bits per heavy atom. The van der Waals surface area contributed by atoms with Crippen molar-refractivity contribution in [3.05, 3.63) is 21.9 Å². The van der Waals surface area contributed by atoms with E-state index in [0.29, 0.717) is 12.5 Å². The second kappa shape index (κ2) is 8.30.